The average Bonchev–Trinajstić information content (AvgIpc) is 2.63. The van der Waals surface area contributed by atoms with Gasteiger partial charge >= 0.3 is 186 Å². The zero-order valence-corrected chi connectivity index (χ0v) is 25.6. The van der Waals surface area contributed by atoms with Crippen LogP contribution in [-0.2, 0) is 17.1 Å². The molecule has 0 aliphatic heterocycles. The Morgan fingerprint density at radius 3 is 1.26 bits per heavy atom. The Morgan fingerprint density at radius 1 is 0.556 bits per heavy atom. The molecule has 0 amide bonds. The topological polar surface area (TPSA) is 0 Å². The van der Waals surface area contributed by atoms with Crippen molar-refractivity contribution >= 4 is 17.6 Å². The van der Waals surface area contributed by atoms with E-state index in [1.54, 1.807) is 35.0 Å². The van der Waals surface area contributed by atoms with Crippen molar-refractivity contribution in [1.82, 2.24) is 0 Å². The van der Waals surface area contributed by atoms with Gasteiger partial charge in [-0.1, -0.05) is 0 Å². The van der Waals surface area contributed by atoms with E-state index in [9.17, 15) is 0 Å². The summed E-state index contributed by atoms with van der Waals surface area (Å²) < 4.78 is 0. The van der Waals surface area contributed by atoms with Crippen LogP contribution in [0.25, 0.3) is 0 Å². The van der Waals surface area contributed by atoms with Gasteiger partial charge in [0.2, 0.25) is 0 Å². The van der Waals surface area contributed by atoms with Crippen molar-refractivity contribution < 1.29 is 17.1 Å². The van der Waals surface area contributed by atoms with Crippen molar-refractivity contribution in [2.45, 2.75) is 139 Å². The maximum absolute atomic E-state index is 2.50. The van der Waals surface area contributed by atoms with Gasteiger partial charge in [-0.2, -0.15) is 0 Å². The molecule has 0 aliphatic carbocycles. The van der Waals surface area contributed by atoms with Gasteiger partial charge in [0, 0.05) is 0 Å². The van der Waals surface area contributed by atoms with E-state index < -0.39 is 0 Å². The van der Waals surface area contributed by atoms with Crippen LogP contribution in [0.2, 0.25) is 48.3 Å². The fourth-order valence-corrected chi connectivity index (χ4v) is 12.5. The van der Waals surface area contributed by atoms with E-state index in [-0.39, 0.29) is 34.7 Å². The van der Waals surface area contributed by atoms with Gasteiger partial charge in [-0.15, -0.1) is 0 Å². The van der Waals surface area contributed by atoms with Crippen LogP contribution < -0.4 is 0 Å². The average molecular weight is 464 g/mol. The van der Waals surface area contributed by atoms with Crippen LogP contribution >= 0.6 is 0 Å². The minimum absolute atomic E-state index is 0.258. The standard InChI is InChI=1S/2C12H27Si.Zn/c2*1-5-12(2)10-8-6-7-9-11-13(3)4;/h2*12-13H,2,5-11H2,1,3-4H3;. The van der Waals surface area contributed by atoms with Crippen molar-refractivity contribution in [1.29, 1.82) is 0 Å². The van der Waals surface area contributed by atoms with Crippen molar-refractivity contribution in [2.75, 3.05) is 0 Å². The molecule has 0 aromatic heterocycles. The zero-order chi connectivity index (χ0) is 20.3. The summed E-state index contributed by atoms with van der Waals surface area (Å²) >= 11 is -0.258. The van der Waals surface area contributed by atoms with Crippen molar-refractivity contribution in [3.8, 4) is 0 Å². The van der Waals surface area contributed by atoms with Crippen LogP contribution in [0, 0.1) is 11.8 Å². The summed E-state index contributed by atoms with van der Waals surface area (Å²) in [6.45, 7) is 14.9. The quantitative estimate of drug-likeness (QED) is 0.125. The zero-order valence-electron chi connectivity index (χ0n) is 20.3. The Hall–Kier alpha value is 1.06. The van der Waals surface area contributed by atoms with Gasteiger partial charge in [-0.05, 0) is 0 Å². The second-order valence-corrected chi connectivity index (χ2v) is 20.9. The summed E-state index contributed by atoms with van der Waals surface area (Å²) in [5.41, 5.74) is 0. The van der Waals surface area contributed by atoms with Gasteiger partial charge in [0.1, 0.15) is 0 Å². The normalized spacial score (nSPS) is 13.9. The third kappa shape index (κ3) is 20.1. The van der Waals surface area contributed by atoms with Crippen molar-refractivity contribution in [2.24, 2.45) is 11.8 Å². The molecule has 0 saturated carbocycles. The third-order valence-electron chi connectivity index (χ3n) is 6.67. The fourth-order valence-electron chi connectivity index (χ4n) is 4.48. The Labute approximate surface area is 185 Å². The third-order valence-corrected chi connectivity index (χ3v) is 14.9. The molecule has 0 heterocycles. The van der Waals surface area contributed by atoms with Crippen LogP contribution in [0.4, 0.5) is 0 Å². The predicted molar refractivity (Wildman–Crippen MR) is 131 cm³/mol. The summed E-state index contributed by atoms with van der Waals surface area (Å²) in [5.74, 6) is 2.20. The first kappa shape index (κ1) is 28.1. The van der Waals surface area contributed by atoms with Crippen LogP contribution in [0.1, 0.15) is 90.9 Å². The first-order chi connectivity index (χ1) is 13.0. The van der Waals surface area contributed by atoms with Gasteiger partial charge in [-0.3, -0.25) is 0 Å². The molecule has 160 valence electrons. The van der Waals surface area contributed by atoms with Crippen LogP contribution in [-0.4, -0.2) is 17.6 Å². The molecule has 0 nitrogen and oxygen atoms in total. The van der Waals surface area contributed by atoms with E-state index in [0.717, 1.165) is 11.8 Å². The fraction of sp³-hybridized carbons (Fsp3) is 1.00. The molecule has 0 aromatic carbocycles. The number of rotatable bonds is 20. The molecule has 2 atom stereocenters. The molecule has 2 unspecified atom stereocenters. The Kier molecular flexibility index (Phi) is 21.1. The number of hydrogen-bond donors (Lipinski definition) is 0. The van der Waals surface area contributed by atoms with Crippen LogP contribution in [0.15, 0.2) is 0 Å². The van der Waals surface area contributed by atoms with Crippen molar-refractivity contribution in [3.05, 3.63) is 0 Å². The van der Waals surface area contributed by atoms with E-state index >= 15 is 0 Å². The van der Waals surface area contributed by atoms with Crippen LogP contribution in [0.3, 0.4) is 0 Å². The molecule has 0 radical (unpaired) electrons. The van der Waals surface area contributed by atoms with Gasteiger partial charge < -0.3 is 0 Å². The Morgan fingerprint density at radius 2 is 0.926 bits per heavy atom. The van der Waals surface area contributed by atoms with Gasteiger partial charge in [0.25, 0.3) is 0 Å². The molecule has 0 bridgehead atoms. The molecule has 0 N–H and O–H groups in total. The second-order valence-electron chi connectivity index (χ2n) is 10.3. The first-order valence-corrected chi connectivity index (χ1v) is 23.4. The van der Waals surface area contributed by atoms with Gasteiger partial charge in [0.05, 0.1) is 0 Å². The summed E-state index contributed by atoms with van der Waals surface area (Å²) in [7, 11) is -0.573. The molecule has 0 fully saturated rings. The molecule has 3 heteroatoms. The Bertz CT molecular complexity index is 266. The van der Waals surface area contributed by atoms with E-state index in [1.165, 1.54) is 64.2 Å². The van der Waals surface area contributed by atoms with Crippen LogP contribution in [0.5, 0.6) is 0 Å². The summed E-state index contributed by atoms with van der Waals surface area (Å²) in [4.78, 5) is 0. The minimum atomic E-state index is -0.287. The molecule has 0 aromatic rings. The maximum atomic E-state index is 2.50. The summed E-state index contributed by atoms with van der Waals surface area (Å²) in [6, 6.07) is 3.15. The molecular formula is C24H54Si2Zn. The Balaban J connectivity index is 3.66. The second kappa shape index (κ2) is 20.3. The molecule has 27 heavy (non-hydrogen) atoms. The summed E-state index contributed by atoms with van der Waals surface area (Å²) in [5, 5.41) is 3.38. The van der Waals surface area contributed by atoms with Crippen molar-refractivity contribution in [3.63, 3.8) is 0 Å². The molecule has 0 saturated heterocycles. The monoisotopic (exact) mass is 462 g/mol. The van der Waals surface area contributed by atoms with Gasteiger partial charge in [0.15, 0.2) is 0 Å². The van der Waals surface area contributed by atoms with E-state index in [4.69, 9.17) is 0 Å². The summed E-state index contributed by atoms with van der Waals surface area (Å²) in [6.07, 6.45) is 18.2. The number of hydrogen-bond acceptors (Lipinski definition) is 0. The van der Waals surface area contributed by atoms with E-state index in [0.29, 0.717) is 0 Å². The van der Waals surface area contributed by atoms with E-state index in [1.807, 2.05) is 0 Å². The predicted octanol–water partition coefficient (Wildman–Crippen LogP) is 8.83. The molecular weight excluding hydrogens is 410 g/mol. The molecule has 0 aliphatic rings. The van der Waals surface area contributed by atoms with E-state index in [2.05, 4.69) is 40.0 Å². The van der Waals surface area contributed by atoms with Gasteiger partial charge in [-0.25, -0.2) is 0 Å². The molecule has 0 spiro atoms. The SMILES string of the molecule is CCC(CCCCCC[SiH](C)C)[CH2][Zn][CH2]C(CC)CCCCCC[SiH](C)C. The molecule has 0 rings (SSSR count). The first-order valence-electron chi connectivity index (χ1n) is 13.0. The number of unbranched alkanes of at least 4 members (excludes halogenated alkanes) is 6.